The van der Waals surface area contributed by atoms with Crippen molar-refractivity contribution in [2.45, 2.75) is 25.7 Å². The zero-order valence-corrected chi connectivity index (χ0v) is 20.0. The number of aromatic nitrogens is 3. The van der Waals surface area contributed by atoms with Crippen molar-refractivity contribution in [2.75, 3.05) is 6.54 Å². The van der Waals surface area contributed by atoms with E-state index in [1.165, 1.54) is 12.1 Å². The Bertz CT molecular complexity index is 1420. The van der Waals surface area contributed by atoms with Crippen LogP contribution in [0.3, 0.4) is 0 Å². The average Bonchev–Trinajstić information content (AvgIpc) is 2.85. The normalized spacial score (nSPS) is 14.1. The molecule has 0 unspecified atom stereocenters. The van der Waals surface area contributed by atoms with E-state index >= 15 is 0 Å². The summed E-state index contributed by atoms with van der Waals surface area (Å²) in [5.74, 6) is 0.280. The molecule has 2 aromatic heterocycles. The maximum absolute atomic E-state index is 12.8. The van der Waals surface area contributed by atoms with Crippen molar-refractivity contribution < 1.29 is 13.2 Å². The van der Waals surface area contributed by atoms with E-state index in [1.54, 1.807) is 0 Å². The largest absolute Gasteiger partial charge is 0.416 e. The van der Waals surface area contributed by atoms with E-state index in [2.05, 4.69) is 35.8 Å². The molecule has 1 aliphatic heterocycles. The SMILES string of the molecule is O=c1[nH]c(-c2ccc(C(F)(F)F)cc2)nc2c1CN(Cc1ccc(-c3ccccc3Br)nc1)CC2. The molecule has 0 radical (unpaired) electrons. The maximum atomic E-state index is 12.8. The highest BCUT2D eigenvalue weighted by Crippen LogP contribution is 2.31. The Morgan fingerprint density at radius 1 is 1.03 bits per heavy atom. The second kappa shape index (κ2) is 9.39. The molecule has 178 valence electrons. The number of alkyl halides is 3. The van der Waals surface area contributed by atoms with Crippen LogP contribution in [0.15, 0.2) is 76.1 Å². The van der Waals surface area contributed by atoms with Crippen LogP contribution in [0.25, 0.3) is 22.6 Å². The minimum absolute atomic E-state index is 0.267. The molecule has 0 saturated carbocycles. The van der Waals surface area contributed by atoms with Gasteiger partial charge in [-0.3, -0.25) is 14.7 Å². The van der Waals surface area contributed by atoms with Gasteiger partial charge >= 0.3 is 6.18 Å². The number of fused-ring (bicyclic) bond motifs is 1. The fourth-order valence-electron chi connectivity index (χ4n) is 4.17. The van der Waals surface area contributed by atoms with Crippen LogP contribution in [0, 0.1) is 0 Å². The number of H-pyrrole nitrogens is 1. The number of hydrogen-bond acceptors (Lipinski definition) is 4. The summed E-state index contributed by atoms with van der Waals surface area (Å²) in [5.41, 5.74) is 3.64. The molecule has 2 aromatic carbocycles. The summed E-state index contributed by atoms with van der Waals surface area (Å²) in [7, 11) is 0. The minimum Gasteiger partial charge on any atom is -0.306 e. The summed E-state index contributed by atoms with van der Waals surface area (Å²) in [5, 5.41) is 0. The summed E-state index contributed by atoms with van der Waals surface area (Å²) in [4.78, 5) is 26.8. The number of halogens is 4. The summed E-state index contributed by atoms with van der Waals surface area (Å²) >= 11 is 3.55. The summed E-state index contributed by atoms with van der Waals surface area (Å²) in [6.07, 6.45) is -1.98. The summed E-state index contributed by atoms with van der Waals surface area (Å²) in [6.45, 7) is 1.79. The Balaban J connectivity index is 1.31. The lowest BCUT2D eigenvalue weighted by atomic mass is 10.0. The highest BCUT2D eigenvalue weighted by molar-refractivity contribution is 9.10. The molecule has 1 N–H and O–H groups in total. The Labute approximate surface area is 207 Å². The Kier molecular flexibility index (Phi) is 6.29. The van der Waals surface area contributed by atoms with Gasteiger partial charge in [-0.25, -0.2) is 4.98 Å². The smallest absolute Gasteiger partial charge is 0.306 e. The van der Waals surface area contributed by atoms with Crippen LogP contribution in [0.4, 0.5) is 13.2 Å². The molecule has 3 heterocycles. The number of rotatable bonds is 4. The van der Waals surface area contributed by atoms with Crippen LogP contribution in [-0.4, -0.2) is 26.4 Å². The molecule has 0 spiro atoms. The zero-order valence-electron chi connectivity index (χ0n) is 18.4. The number of nitrogens with one attached hydrogen (secondary N) is 1. The predicted octanol–water partition coefficient (Wildman–Crippen LogP) is 5.84. The first-order valence-corrected chi connectivity index (χ1v) is 11.8. The lowest BCUT2D eigenvalue weighted by Gasteiger charge is -2.27. The van der Waals surface area contributed by atoms with Gasteiger partial charge < -0.3 is 4.98 Å². The van der Waals surface area contributed by atoms with Gasteiger partial charge in [-0.15, -0.1) is 0 Å². The highest BCUT2D eigenvalue weighted by atomic mass is 79.9. The van der Waals surface area contributed by atoms with Gasteiger partial charge in [-0.05, 0) is 29.8 Å². The molecule has 0 aliphatic carbocycles. The third-order valence-corrected chi connectivity index (χ3v) is 6.71. The molecular formula is C26H20BrF3N4O. The third kappa shape index (κ3) is 5.06. The number of aromatic amines is 1. The Morgan fingerprint density at radius 2 is 1.80 bits per heavy atom. The van der Waals surface area contributed by atoms with Crippen molar-refractivity contribution in [1.29, 1.82) is 0 Å². The molecule has 0 saturated heterocycles. The van der Waals surface area contributed by atoms with Gasteiger partial charge in [0.15, 0.2) is 0 Å². The first-order chi connectivity index (χ1) is 16.8. The van der Waals surface area contributed by atoms with Gasteiger partial charge in [0.2, 0.25) is 0 Å². The lowest BCUT2D eigenvalue weighted by molar-refractivity contribution is -0.137. The fourth-order valence-corrected chi connectivity index (χ4v) is 4.66. The van der Waals surface area contributed by atoms with Gasteiger partial charge in [-0.1, -0.05) is 52.3 Å². The molecule has 5 nitrogen and oxygen atoms in total. The van der Waals surface area contributed by atoms with Gasteiger partial charge in [0.1, 0.15) is 5.82 Å². The number of nitrogens with zero attached hydrogens (tertiary/aromatic N) is 3. The first kappa shape index (κ1) is 23.4. The quantitative estimate of drug-likeness (QED) is 0.353. The molecule has 0 amide bonds. The topological polar surface area (TPSA) is 61.9 Å². The van der Waals surface area contributed by atoms with Crippen LogP contribution >= 0.6 is 15.9 Å². The first-order valence-electron chi connectivity index (χ1n) is 11.0. The van der Waals surface area contributed by atoms with Crippen LogP contribution in [0.5, 0.6) is 0 Å². The van der Waals surface area contributed by atoms with E-state index in [0.29, 0.717) is 42.9 Å². The second-order valence-corrected chi connectivity index (χ2v) is 9.26. The van der Waals surface area contributed by atoms with E-state index in [0.717, 1.165) is 33.4 Å². The van der Waals surface area contributed by atoms with E-state index in [9.17, 15) is 18.0 Å². The van der Waals surface area contributed by atoms with Crippen molar-refractivity contribution in [3.8, 4) is 22.6 Å². The number of benzene rings is 2. The van der Waals surface area contributed by atoms with Crippen molar-refractivity contribution in [3.05, 3.63) is 104 Å². The van der Waals surface area contributed by atoms with Crippen molar-refractivity contribution in [1.82, 2.24) is 19.9 Å². The van der Waals surface area contributed by atoms with Gasteiger partial charge in [0.05, 0.1) is 22.5 Å². The Morgan fingerprint density at radius 3 is 2.49 bits per heavy atom. The van der Waals surface area contributed by atoms with Crippen LogP contribution in [-0.2, 0) is 25.7 Å². The van der Waals surface area contributed by atoms with Gasteiger partial charge in [0.25, 0.3) is 5.56 Å². The molecule has 4 aromatic rings. The average molecular weight is 541 g/mol. The van der Waals surface area contributed by atoms with E-state index in [-0.39, 0.29) is 11.4 Å². The predicted molar refractivity (Wildman–Crippen MR) is 130 cm³/mol. The van der Waals surface area contributed by atoms with Crippen molar-refractivity contribution in [2.24, 2.45) is 0 Å². The molecule has 35 heavy (non-hydrogen) atoms. The summed E-state index contributed by atoms with van der Waals surface area (Å²) in [6, 6.07) is 16.6. The van der Waals surface area contributed by atoms with Gasteiger partial charge in [0, 0.05) is 47.9 Å². The third-order valence-electron chi connectivity index (χ3n) is 6.01. The van der Waals surface area contributed by atoms with E-state index in [1.807, 2.05) is 42.6 Å². The van der Waals surface area contributed by atoms with Crippen molar-refractivity contribution in [3.63, 3.8) is 0 Å². The zero-order chi connectivity index (χ0) is 24.6. The minimum atomic E-state index is -4.41. The molecule has 0 bridgehead atoms. The molecular weight excluding hydrogens is 521 g/mol. The standard InChI is InChI=1S/C26H20BrF3N4O/c27-21-4-2-1-3-19(21)22-10-5-16(13-31-22)14-34-12-11-23-20(15-34)25(35)33-24(32-23)17-6-8-18(9-7-17)26(28,29)30/h1-10,13H,11-12,14-15H2,(H,32,33,35). The van der Waals surface area contributed by atoms with Crippen molar-refractivity contribution >= 4 is 15.9 Å². The summed E-state index contributed by atoms with van der Waals surface area (Å²) < 4.78 is 39.5. The van der Waals surface area contributed by atoms with E-state index in [4.69, 9.17) is 0 Å². The van der Waals surface area contributed by atoms with Crippen LogP contribution in [0.2, 0.25) is 0 Å². The van der Waals surface area contributed by atoms with Crippen LogP contribution in [0.1, 0.15) is 22.4 Å². The van der Waals surface area contributed by atoms with Crippen LogP contribution < -0.4 is 5.56 Å². The lowest BCUT2D eigenvalue weighted by Crippen LogP contribution is -2.35. The number of pyridine rings is 1. The molecule has 5 rings (SSSR count). The van der Waals surface area contributed by atoms with Gasteiger partial charge in [-0.2, -0.15) is 13.2 Å². The van der Waals surface area contributed by atoms with E-state index < -0.39 is 11.7 Å². The monoisotopic (exact) mass is 540 g/mol. The fraction of sp³-hybridized carbons (Fsp3) is 0.192. The molecule has 9 heteroatoms. The highest BCUT2D eigenvalue weighted by Gasteiger charge is 2.30. The molecule has 0 fully saturated rings. The molecule has 1 aliphatic rings. The Hall–Kier alpha value is -3.30. The molecule has 0 atom stereocenters. The maximum Gasteiger partial charge on any atom is 0.416 e. The number of hydrogen-bond donors (Lipinski definition) is 1. The second-order valence-electron chi connectivity index (χ2n) is 8.41.